The Kier molecular flexibility index (Phi) is 4.70. The predicted octanol–water partition coefficient (Wildman–Crippen LogP) is -0.294. The number of fused-ring (bicyclic) bond motifs is 1. The summed E-state index contributed by atoms with van der Waals surface area (Å²) in [7, 11) is 1.57. The number of amides is 2. The molecule has 1 atom stereocenters. The van der Waals surface area contributed by atoms with Crippen molar-refractivity contribution in [2.45, 2.75) is 26.0 Å². The zero-order valence-electron chi connectivity index (χ0n) is 14.7. The van der Waals surface area contributed by atoms with Crippen LogP contribution in [-0.2, 0) is 33.9 Å². The van der Waals surface area contributed by atoms with Crippen molar-refractivity contribution in [2.75, 3.05) is 25.1 Å². The second-order valence-electron chi connectivity index (χ2n) is 6.48. The molecule has 27 heavy (non-hydrogen) atoms. The second-order valence-corrected chi connectivity index (χ2v) is 7.52. The molecule has 142 valence electrons. The fourth-order valence-corrected chi connectivity index (χ4v) is 4.24. The van der Waals surface area contributed by atoms with Crippen LogP contribution in [0.3, 0.4) is 0 Å². The topological polar surface area (TPSA) is 121 Å². The molecule has 2 amide bonds. The first-order valence-corrected chi connectivity index (χ1v) is 9.34. The maximum absolute atomic E-state index is 12.9. The number of H-pyrrole nitrogens is 1. The highest BCUT2D eigenvalue weighted by molar-refractivity contribution is 7.15. The van der Waals surface area contributed by atoms with Crippen molar-refractivity contribution in [2.24, 2.45) is 5.92 Å². The van der Waals surface area contributed by atoms with Gasteiger partial charge >= 0.3 is 0 Å². The SMILES string of the molecule is COCc1nnc(N2CC(C(=O)N3CCc4c(nc[nH]c4=O)C3)CC2=O)s1. The fourth-order valence-electron chi connectivity index (χ4n) is 3.41. The van der Waals surface area contributed by atoms with E-state index in [9.17, 15) is 14.4 Å². The molecule has 0 radical (unpaired) electrons. The van der Waals surface area contributed by atoms with Gasteiger partial charge in [-0.25, -0.2) is 4.98 Å². The Morgan fingerprint density at radius 2 is 2.26 bits per heavy atom. The van der Waals surface area contributed by atoms with Gasteiger partial charge in [0.2, 0.25) is 16.9 Å². The van der Waals surface area contributed by atoms with Gasteiger partial charge in [0.1, 0.15) is 11.6 Å². The van der Waals surface area contributed by atoms with Gasteiger partial charge in [0, 0.05) is 32.2 Å². The van der Waals surface area contributed by atoms with E-state index in [4.69, 9.17) is 4.74 Å². The maximum Gasteiger partial charge on any atom is 0.254 e. The Labute approximate surface area is 158 Å². The molecule has 1 saturated heterocycles. The van der Waals surface area contributed by atoms with E-state index in [-0.39, 0.29) is 30.3 Å². The number of carbonyl (C=O) groups is 2. The van der Waals surface area contributed by atoms with E-state index in [1.54, 1.807) is 12.0 Å². The third-order valence-electron chi connectivity index (χ3n) is 4.75. The number of hydrogen-bond donors (Lipinski definition) is 1. The number of methoxy groups -OCH3 is 1. The Bertz CT molecular complexity index is 941. The average Bonchev–Trinajstić information content (AvgIpc) is 3.28. The van der Waals surface area contributed by atoms with Gasteiger partial charge in [-0.1, -0.05) is 11.3 Å². The van der Waals surface area contributed by atoms with Crippen LogP contribution in [0.15, 0.2) is 11.1 Å². The number of aromatic amines is 1. The van der Waals surface area contributed by atoms with Gasteiger partial charge in [-0.15, -0.1) is 10.2 Å². The number of nitrogens with one attached hydrogen (secondary N) is 1. The van der Waals surface area contributed by atoms with Crippen LogP contribution >= 0.6 is 11.3 Å². The first-order chi connectivity index (χ1) is 13.1. The number of ether oxygens (including phenoxy) is 1. The lowest BCUT2D eigenvalue weighted by Crippen LogP contribution is -2.42. The first kappa shape index (κ1) is 17.7. The number of carbonyl (C=O) groups excluding carboxylic acids is 2. The van der Waals surface area contributed by atoms with Gasteiger partial charge < -0.3 is 14.6 Å². The van der Waals surface area contributed by atoms with E-state index in [0.29, 0.717) is 47.5 Å². The van der Waals surface area contributed by atoms with Crippen LogP contribution in [0.25, 0.3) is 0 Å². The molecule has 1 fully saturated rings. The van der Waals surface area contributed by atoms with Crippen LogP contribution in [0.2, 0.25) is 0 Å². The Balaban J connectivity index is 1.45. The second kappa shape index (κ2) is 7.16. The molecule has 0 saturated carbocycles. The third kappa shape index (κ3) is 3.35. The first-order valence-electron chi connectivity index (χ1n) is 8.52. The highest BCUT2D eigenvalue weighted by atomic mass is 32.1. The summed E-state index contributed by atoms with van der Waals surface area (Å²) in [5, 5.41) is 9.19. The van der Waals surface area contributed by atoms with Gasteiger partial charge in [-0.2, -0.15) is 0 Å². The molecule has 4 rings (SSSR count). The molecule has 4 heterocycles. The van der Waals surface area contributed by atoms with E-state index in [2.05, 4.69) is 20.2 Å². The van der Waals surface area contributed by atoms with Crippen molar-refractivity contribution >= 4 is 28.3 Å². The van der Waals surface area contributed by atoms with Crippen molar-refractivity contribution < 1.29 is 14.3 Å². The number of hydrogen-bond acceptors (Lipinski definition) is 8. The summed E-state index contributed by atoms with van der Waals surface area (Å²) in [5.74, 6) is -0.670. The monoisotopic (exact) mass is 390 g/mol. The summed E-state index contributed by atoms with van der Waals surface area (Å²) >= 11 is 1.28. The molecule has 10 nitrogen and oxygen atoms in total. The van der Waals surface area contributed by atoms with E-state index < -0.39 is 5.92 Å². The minimum Gasteiger partial charge on any atom is -0.377 e. The lowest BCUT2D eigenvalue weighted by Gasteiger charge is -2.29. The minimum atomic E-state index is -0.434. The molecule has 2 aromatic rings. The summed E-state index contributed by atoms with van der Waals surface area (Å²) in [6.45, 7) is 1.36. The molecule has 1 unspecified atom stereocenters. The smallest absolute Gasteiger partial charge is 0.254 e. The largest absolute Gasteiger partial charge is 0.377 e. The van der Waals surface area contributed by atoms with Crippen LogP contribution < -0.4 is 10.5 Å². The zero-order valence-corrected chi connectivity index (χ0v) is 15.5. The molecule has 0 spiro atoms. The highest BCUT2D eigenvalue weighted by Gasteiger charge is 2.39. The molecule has 2 aliphatic rings. The Hall–Kier alpha value is -2.66. The lowest BCUT2D eigenvalue weighted by molar-refractivity contribution is -0.136. The quantitative estimate of drug-likeness (QED) is 0.761. The molecule has 2 aromatic heterocycles. The molecule has 1 N–H and O–H groups in total. The van der Waals surface area contributed by atoms with Crippen molar-refractivity contribution in [3.8, 4) is 0 Å². The summed E-state index contributed by atoms with van der Waals surface area (Å²) in [5.41, 5.74) is 1.09. The number of anilines is 1. The molecule has 0 aliphatic carbocycles. The fraction of sp³-hybridized carbons (Fsp3) is 0.500. The van der Waals surface area contributed by atoms with Gasteiger partial charge in [0.25, 0.3) is 5.56 Å². The van der Waals surface area contributed by atoms with Crippen LogP contribution in [0.1, 0.15) is 22.7 Å². The molecular weight excluding hydrogens is 372 g/mol. The van der Waals surface area contributed by atoms with Gasteiger partial charge in [-0.3, -0.25) is 19.3 Å². The summed E-state index contributed by atoms with van der Waals surface area (Å²) in [6.07, 6.45) is 1.96. The predicted molar refractivity (Wildman–Crippen MR) is 95.1 cm³/mol. The maximum atomic E-state index is 12.9. The molecule has 0 bridgehead atoms. The number of nitrogens with zero attached hydrogens (tertiary/aromatic N) is 5. The van der Waals surface area contributed by atoms with E-state index in [1.807, 2.05) is 0 Å². The van der Waals surface area contributed by atoms with Crippen LogP contribution in [0.5, 0.6) is 0 Å². The zero-order chi connectivity index (χ0) is 19.0. The Morgan fingerprint density at radius 3 is 3.07 bits per heavy atom. The van der Waals surface area contributed by atoms with Gasteiger partial charge in [0.05, 0.1) is 24.5 Å². The average molecular weight is 390 g/mol. The normalized spacial score (nSPS) is 19.4. The van der Waals surface area contributed by atoms with Gasteiger partial charge in [-0.05, 0) is 6.42 Å². The number of rotatable bonds is 4. The third-order valence-corrected chi connectivity index (χ3v) is 5.67. The van der Waals surface area contributed by atoms with Gasteiger partial charge in [0.15, 0.2) is 0 Å². The summed E-state index contributed by atoms with van der Waals surface area (Å²) in [6, 6.07) is 0. The van der Waals surface area contributed by atoms with Crippen molar-refractivity contribution in [3.05, 3.63) is 32.9 Å². The molecule has 0 aromatic carbocycles. The number of aromatic nitrogens is 4. The van der Waals surface area contributed by atoms with Crippen molar-refractivity contribution in [1.29, 1.82) is 0 Å². The van der Waals surface area contributed by atoms with Crippen LogP contribution in [-0.4, -0.2) is 57.1 Å². The van der Waals surface area contributed by atoms with Crippen LogP contribution in [0, 0.1) is 5.92 Å². The minimum absolute atomic E-state index is 0.0970. The summed E-state index contributed by atoms with van der Waals surface area (Å²) < 4.78 is 5.02. The van der Waals surface area contributed by atoms with E-state index >= 15 is 0 Å². The molecule has 11 heteroatoms. The molecule has 2 aliphatic heterocycles. The van der Waals surface area contributed by atoms with Crippen molar-refractivity contribution in [1.82, 2.24) is 25.1 Å². The van der Waals surface area contributed by atoms with Crippen molar-refractivity contribution in [3.63, 3.8) is 0 Å². The van der Waals surface area contributed by atoms with E-state index in [1.165, 1.54) is 22.6 Å². The summed E-state index contributed by atoms with van der Waals surface area (Å²) in [4.78, 5) is 47.0. The lowest BCUT2D eigenvalue weighted by atomic mass is 10.0. The standard InChI is InChI=1S/C16H18N6O4S/c1-26-7-12-19-20-16(27-12)22-5-9(4-13(22)23)15(25)21-3-2-10-11(6-21)17-8-18-14(10)24/h8-9H,2-7H2,1H3,(H,17,18,24). The van der Waals surface area contributed by atoms with E-state index in [0.717, 1.165) is 0 Å². The Morgan fingerprint density at radius 1 is 1.41 bits per heavy atom. The molecular formula is C16H18N6O4S. The highest BCUT2D eigenvalue weighted by Crippen LogP contribution is 2.29. The van der Waals surface area contributed by atoms with Crippen LogP contribution in [0.4, 0.5) is 5.13 Å².